The fourth-order valence-electron chi connectivity index (χ4n) is 0.718. The lowest BCUT2D eigenvalue weighted by Crippen LogP contribution is -2.39. The zero-order chi connectivity index (χ0) is 13.0. The van der Waals surface area contributed by atoms with Crippen molar-refractivity contribution in [2.24, 2.45) is 0 Å². The number of hydrogen-bond acceptors (Lipinski definition) is 4. The summed E-state index contributed by atoms with van der Waals surface area (Å²) in [6.45, 7) is -0.111. The van der Waals surface area contributed by atoms with Crippen molar-refractivity contribution in [3.05, 3.63) is 0 Å². The Morgan fingerprint density at radius 1 is 0.875 bits per heavy atom. The molecule has 2 N–H and O–H groups in total. The van der Waals surface area contributed by atoms with Gasteiger partial charge in [0.2, 0.25) is 20.0 Å². The van der Waals surface area contributed by atoms with Gasteiger partial charge in [-0.3, -0.25) is 0 Å². The molecule has 2 atom stereocenters. The molecule has 98 valence electrons. The van der Waals surface area contributed by atoms with Gasteiger partial charge in [-0.1, -0.05) is 0 Å². The zero-order valence-electron chi connectivity index (χ0n) is 8.77. The van der Waals surface area contributed by atoms with E-state index < -0.39 is 30.8 Å². The molecular formula is C6H14Cl2N2O4S2. The molecule has 0 aliphatic carbocycles. The summed E-state index contributed by atoms with van der Waals surface area (Å²) in [4.78, 5) is 0. The maximum Gasteiger partial charge on any atom is 0.208 e. The van der Waals surface area contributed by atoms with Crippen molar-refractivity contribution in [1.29, 1.82) is 0 Å². The van der Waals surface area contributed by atoms with Crippen LogP contribution in [0.25, 0.3) is 0 Å². The molecular weight excluding hydrogens is 299 g/mol. The van der Waals surface area contributed by atoms with Crippen LogP contribution in [-0.2, 0) is 20.0 Å². The number of alkyl halides is 2. The Bertz CT molecular complexity index is 368. The topological polar surface area (TPSA) is 92.3 Å². The van der Waals surface area contributed by atoms with Crippen molar-refractivity contribution in [2.45, 2.75) is 10.8 Å². The van der Waals surface area contributed by atoms with Crippen molar-refractivity contribution in [3.63, 3.8) is 0 Å². The summed E-state index contributed by atoms with van der Waals surface area (Å²) in [5.74, 6) is 0. The number of hydrogen-bond donors (Lipinski definition) is 2. The quantitative estimate of drug-likeness (QED) is 0.608. The van der Waals surface area contributed by atoms with Crippen molar-refractivity contribution < 1.29 is 16.8 Å². The van der Waals surface area contributed by atoms with E-state index in [-0.39, 0.29) is 13.1 Å². The van der Waals surface area contributed by atoms with E-state index in [1.54, 1.807) is 0 Å². The van der Waals surface area contributed by atoms with E-state index in [4.69, 9.17) is 23.2 Å². The summed E-state index contributed by atoms with van der Waals surface area (Å²) in [7, 11) is -6.66. The highest BCUT2D eigenvalue weighted by Crippen LogP contribution is 2.08. The Morgan fingerprint density at radius 3 is 1.31 bits per heavy atom. The third kappa shape index (κ3) is 9.61. The van der Waals surface area contributed by atoms with Crippen LogP contribution in [-0.4, -0.2) is 53.2 Å². The minimum Gasteiger partial charge on any atom is -0.214 e. The molecule has 6 nitrogen and oxygen atoms in total. The van der Waals surface area contributed by atoms with Gasteiger partial charge in [0.15, 0.2) is 0 Å². The molecule has 0 aromatic carbocycles. The van der Waals surface area contributed by atoms with Crippen LogP contribution >= 0.6 is 23.2 Å². The molecule has 0 saturated heterocycles. The van der Waals surface area contributed by atoms with Crippen molar-refractivity contribution in [2.75, 3.05) is 25.6 Å². The van der Waals surface area contributed by atoms with Gasteiger partial charge in [-0.05, 0) is 0 Å². The number of nitrogens with one attached hydrogen (secondary N) is 2. The molecule has 0 saturated carbocycles. The van der Waals surface area contributed by atoms with Gasteiger partial charge in [0.25, 0.3) is 0 Å². The summed E-state index contributed by atoms with van der Waals surface area (Å²) < 4.78 is 47.4. The molecule has 0 amide bonds. The molecule has 0 fully saturated rings. The first kappa shape index (κ1) is 16.4. The van der Waals surface area contributed by atoms with Gasteiger partial charge in [0.1, 0.15) is 0 Å². The van der Waals surface area contributed by atoms with Gasteiger partial charge in [-0.15, -0.1) is 23.2 Å². The highest BCUT2D eigenvalue weighted by molar-refractivity contribution is 7.89. The summed E-state index contributed by atoms with van der Waals surface area (Å²) in [6, 6.07) is 0. The van der Waals surface area contributed by atoms with Crippen LogP contribution in [0, 0.1) is 0 Å². The lowest BCUT2D eigenvalue weighted by molar-refractivity contribution is 0.575. The smallest absolute Gasteiger partial charge is 0.208 e. The summed E-state index contributed by atoms with van der Waals surface area (Å²) >= 11 is 11.5. The lowest BCUT2D eigenvalue weighted by Gasteiger charge is -2.16. The van der Waals surface area contributed by atoms with Crippen LogP contribution in [0.2, 0.25) is 0 Å². The van der Waals surface area contributed by atoms with Crippen LogP contribution in [0.5, 0.6) is 0 Å². The first-order valence-electron chi connectivity index (χ1n) is 4.18. The second-order valence-electron chi connectivity index (χ2n) is 3.27. The summed E-state index contributed by atoms with van der Waals surface area (Å²) in [6.07, 6.45) is 1.99. The van der Waals surface area contributed by atoms with Gasteiger partial charge in [-0.2, -0.15) is 0 Å². The van der Waals surface area contributed by atoms with Crippen molar-refractivity contribution in [3.8, 4) is 0 Å². The molecule has 0 bridgehead atoms. The fourth-order valence-corrected chi connectivity index (χ4v) is 2.20. The number of rotatable bonds is 7. The van der Waals surface area contributed by atoms with Crippen LogP contribution in [0.1, 0.15) is 0 Å². The minimum atomic E-state index is -3.33. The molecule has 0 aliphatic rings. The second kappa shape index (κ2) is 6.36. The van der Waals surface area contributed by atoms with Gasteiger partial charge in [0, 0.05) is 13.1 Å². The first-order chi connectivity index (χ1) is 7.01. The number of sulfonamides is 2. The van der Waals surface area contributed by atoms with Crippen molar-refractivity contribution in [1.82, 2.24) is 9.44 Å². The summed E-state index contributed by atoms with van der Waals surface area (Å²) in [5, 5.41) is -1.41. The molecule has 16 heavy (non-hydrogen) atoms. The first-order valence-corrected chi connectivity index (χ1v) is 8.84. The lowest BCUT2D eigenvalue weighted by atomic mass is 10.3. The van der Waals surface area contributed by atoms with Crippen molar-refractivity contribution >= 4 is 43.2 Å². The SMILES string of the molecule is CS(=O)(=O)NCC(Cl)C(Cl)CNS(C)(=O)=O. The van der Waals surface area contributed by atoms with E-state index in [2.05, 4.69) is 9.44 Å². The molecule has 2 unspecified atom stereocenters. The van der Waals surface area contributed by atoms with Crippen LogP contribution in [0.3, 0.4) is 0 Å². The predicted molar refractivity (Wildman–Crippen MR) is 65.0 cm³/mol. The molecule has 10 heteroatoms. The molecule has 0 spiro atoms. The third-order valence-electron chi connectivity index (χ3n) is 1.47. The average Bonchev–Trinajstić information content (AvgIpc) is 2.07. The van der Waals surface area contributed by atoms with Gasteiger partial charge in [0.05, 0.1) is 23.3 Å². The third-order valence-corrected chi connectivity index (χ3v) is 3.90. The fraction of sp³-hybridized carbons (Fsp3) is 1.00. The van der Waals surface area contributed by atoms with Gasteiger partial charge < -0.3 is 0 Å². The molecule has 0 aromatic heterocycles. The van der Waals surface area contributed by atoms with Crippen LogP contribution in [0.15, 0.2) is 0 Å². The van der Waals surface area contributed by atoms with E-state index in [0.717, 1.165) is 12.5 Å². The Labute approximate surface area is 106 Å². The highest BCUT2D eigenvalue weighted by atomic mass is 35.5. The number of halogens is 2. The Balaban J connectivity index is 4.05. The normalized spacial score (nSPS) is 17.0. The zero-order valence-corrected chi connectivity index (χ0v) is 11.9. The minimum absolute atomic E-state index is 0.0556. The Morgan fingerprint density at radius 2 is 1.12 bits per heavy atom. The van der Waals surface area contributed by atoms with E-state index in [1.807, 2.05) is 0 Å². The van der Waals surface area contributed by atoms with Crippen LogP contribution < -0.4 is 9.44 Å². The van der Waals surface area contributed by atoms with E-state index in [9.17, 15) is 16.8 Å². The predicted octanol–water partition coefficient (Wildman–Crippen LogP) is -0.700. The van der Waals surface area contributed by atoms with Gasteiger partial charge in [-0.25, -0.2) is 26.3 Å². The largest absolute Gasteiger partial charge is 0.214 e. The van der Waals surface area contributed by atoms with E-state index in [1.165, 1.54) is 0 Å². The Hall–Kier alpha value is 0.400. The standard InChI is InChI=1S/C6H14Cl2N2O4S2/c1-15(11,12)9-3-5(7)6(8)4-10-16(2,13)14/h5-6,9-10H,3-4H2,1-2H3. The second-order valence-corrected chi connectivity index (χ2v) is 8.06. The van der Waals surface area contributed by atoms with Gasteiger partial charge >= 0.3 is 0 Å². The van der Waals surface area contributed by atoms with Crippen LogP contribution in [0.4, 0.5) is 0 Å². The van der Waals surface area contributed by atoms with E-state index >= 15 is 0 Å². The molecule has 0 aromatic rings. The molecule has 0 rings (SSSR count). The monoisotopic (exact) mass is 312 g/mol. The maximum absolute atomic E-state index is 10.8. The molecule has 0 heterocycles. The molecule has 0 aliphatic heterocycles. The average molecular weight is 313 g/mol. The van der Waals surface area contributed by atoms with E-state index in [0.29, 0.717) is 0 Å². The maximum atomic E-state index is 10.8. The Kier molecular flexibility index (Phi) is 6.52. The highest BCUT2D eigenvalue weighted by Gasteiger charge is 2.19. The summed E-state index contributed by atoms with van der Waals surface area (Å²) in [5.41, 5.74) is 0. The molecule has 0 radical (unpaired) electrons.